The maximum absolute atomic E-state index is 14.3. The van der Waals surface area contributed by atoms with Crippen LogP contribution in [0.4, 0.5) is 0 Å². The molecule has 0 amide bonds. The Morgan fingerprint density at radius 1 is 0.722 bits per heavy atom. The van der Waals surface area contributed by atoms with Crippen molar-refractivity contribution in [3.63, 3.8) is 0 Å². The van der Waals surface area contributed by atoms with Gasteiger partial charge in [-0.15, -0.1) is 0 Å². The van der Waals surface area contributed by atoms with E-state index in [1.807, 2.05) is 54.6 Å². The van der Waals surface area contributed by atoms with Gasteiger partial charge in [0.2, 0.25) is 0 Å². The van der Waals surface area contributed by atoms with Crippen molar-refractivity contribution >= 4 is 11.6 Å². The second-order valence-corrected chi connectivity index (χ2v) is 10.4. The number of Topliss-reactive ketones (excluding diaryl/α,β-unsaturated/α-hetero) is 2. The van der Waals surface area contributed by atoms with Gasteiger partial charge in [0, 0.05) is 40.8 Å². The Balaban J connectivity index is 2.00. The third-order valence-corrected chi connectivity index (χ3v) is 7.38. The minimum absolute atomic E-state index is 0.0174. The average molecular weight is 480 g/mol. The van der Waals surface area contributed by atoms with E-state index < -0.39 is 0 Å². The standard InChI is InChI=1S/C33H37NO2/c1-22(2)34(23(3)4)32-28(21-25-15-9-6-10-16-25)30(26-17-11-7-12-18-26)29(24(5)35)31(32)33(36)27-19-13-8-14-20-27/h6-20,22-23,28,30,32H,21H2,1-5H3/t28-,30-,32+/m0/s1. The Hall–Kier alpha value is -3.30. The quantitative estimate of drug-likeness (QED) is 0.313. The van der Waals surface area contributed by atoms with E-state index in [0.29, 0.717) is 16.7 Å². The number of hydrogen-bond donors (Lipinski definition) is 0. The van der Waals surface area contributed by atoms with Gasteiger partial charge in [0.25, 0.3) is 0 Å². The highest BCUT2D eigenvalue weighted by molar-refractivity contribution is 6.15. The van der Waals surface area contributed by atoms with Crippen LogP contribution >= 0.6 is 0 Å². The number of hydrogen-bond acceptors (Lipinski definition) is 3. The lowest BCUT2D eigenvalue weighted by Crippen LogP contribution is -2.50. The van der Waals surface area contributed by atoms with E-state index in [4.69, 9.17) is 0 Å². The second kappa shape index (κ2) is 11.2. The second-order valence-electron chi connectivity index (χ2n) is 10.4. The van der Waals surface area contributed by atoms with E-state index in [-0.39, 0.29) is 41.5 Å². The number of carbonyl (C=O) groups excluding carboxylic acids is 2. The number of allylic oxidation sites excluding steroid dienone is 1. The van der Waals surface area contributed by atoms with Crippen molar-refractivity contribution in [2.75, 3.05) is 0 Å². The van der Waals surface area contributed by atoms with Gasteiger partial charge in [-0.05, 0) is 58.1 Å². The summed E-state index contributed by atoms with van der Waals surface area (Å²) in [7, 11) is 0. The number of rotatable bonds is 9. The Bertz CT molecular complexity index is 1200. The van der Waals surface area contributed by atoms with Gasteiger partial charge in [-0.1, -0.05) is 91.0 Å². The molecule has 0 spiro atoms. The Morgan fingerprint density at radius 3 is 1.72 bits per heavy atom. The van der Waals surface area contributed by atoms with Crippen molar-refractivity contribution in [2.45, 2.75) is 65.1 Å². The largest absolute Gasteiger partial charge is 0.295 e. The molecule has 0 heterocycles. The Labute approximate surface area is 215 Å². The number of benzene rings is 3. The Kier molecular flexibility index (Phi) is 8.01. The van der Waals surface area contributed by atoms with E-state index in [1.54, 1.807) is 6.92 Å². The molecule has 0 saturated carbocycles. The van der Waals surface area contributed by atoms with Gasteiger partial charge < -0.3 is 0 Å². The van der Waals surface area contributed by atoms with E-state index >= 15 is 0 Å². The highest BCUT2D eigenvalue weighted by atomic mass is 16.1. The number of ketones is 2. The molecular formula is C33H37NO2. The first-order valence-corrected chi connectivity index (χ1v) is 13.0. The molecule has 0 aromatic heterocycles. The van der Waals surface area contributed by atoms with Crippen LogP contribution in [0.5, 0.6) is 0 Å². The summed E-state index contributed by atoms with van der Waals surface area (Å²) in [6.07, 6.45) is 0.781. The van der Waals surface area contributed by atoms with Crippen molar-refractivity contribution < 1.29 is 9.59 Å². The zero-order chi connectivity index (χ0) is 25.8. The molecule has 1 aliphatic rings. The lowest BCUT2D eigenvalue weighted by atomic mass is 9.78. The summed E-state index contributed by atoms with van der Waals surface area (Å²) in [6, 6.07) is 30.4. The van der Waals surface area contributed by atoms with Crippen molar-refractivity contribution in [3.05, 3.63) is 119 Å². The maximum atomic E-state index is 14.3. The molecule has 1 aliphatic carbocycles. The molecule has 3 nitrogen and oxygen atoms in total. The fraction of sp³-hybridized carbons (Fsp3) is 0.333. The SMILES string of the molecule is CC(=O)C1=C(C(=O)c2ccccc2)[C@H](N(C(C)C)C(C)C)[C@@H](Cc2ccccc2)[C@@H]1c1ccccc1. The molecule has 0 bridgehead atoms. The predicted octanol–water partition coefficient (Wildman–Crippen LogP) is 6.90. The van der Waals surface area contributed by atoms with Crippen LogP contribution < -0.4 is 0 Å². The fourth-order valence-electron chi connectivity index (χ4n) is 6.15. The van der Waals surface area contributed by atoms with Crippen molar-refractivity contribution in [2.24, 2.45) is 5.92 Å². The molecule has 3 aromatic rings. The summed E-state index contributed by atoms with van der Waals surface area (Å²) in [5.74, 6) is -0.164. The lowest BCUT2D eigenvalue weighted by molar-refractivity contribution is -0.113. The van der Waals surface area contributed by atoms with E-state index in [2.05, 4.69) is 69.0 Å². The van der Waals surface area contributed by atoms with Crippen LogP contribution in [0.15, 0.2) is 102 Å². The minimum Gasteiger partial charge on any atom is -0.295 e. The molecule has 0 unspecified atom stereocenters. The topological polar surface area (TPSA) is 37.4 Å². The molecule has 3 atom stereocenters. The van der Waals surface area contributed by atoms with Crippen LogP contribution in [0.1, 0.15) is 62.0 Å². The van der Waals surface area contributed by atoms with E-state index in [1.165, 1.54) is 5.56 Å². The molecule has 0 N–H and O–H groups in total. The minimum atomic E-state index is -0.179. The molecule has 186 valence electrons. The molecule has 3 heteroatoms. The van der Waals surface area contributed by atoms with Gasteiger partial charge in [0.15, 0.2) is 11.6 Å². The van der Waals surface area contributed by atoms with E-state index in [0.717, 1.165) is 12.0 Å². The first-order valence-electron chi connectivity index (χ1n) is 13.0. The molecule has 3 aromatic carbocycles. The van der Waals surface area contributed by atoms with Gasteiger partial charge in [-0.3, -0.25) is 14.5 Å². The van der Waals surface area contributed by atoms with Crippen LogP contribution in [0.2, 0.25) is 0 Å². The normalized spacial score (nSPS) is 19.9. The summed E-state index contributed by atoms with van der Waals surface area (Å²) < 4.78 is 0. The Morgan fingerprint density at radius 2 is 1.22 bits per heavy atom. The molecular weight excluding hydrogens is 442 g/mol. The summed E-state index contributed by atoms with van der Waals surface area (Å²) in [5, 5.41) is 0. The third kappa shape index (κ3) is 5.12. The van der Waals surface area contributed by atoms with Crippen molar-refractivity contribution in [3.8, 4) is 0 Å². The average Bonchev–Trinajstić information content (AvgIpc) is 3.19. The molecule has 0 radical (unpaired) electrons. The van der Waals surface area contributed by atoms with Crippen LogP contribution in [0.25, 0.3) is 0 Å². The molecule has 0 aliphatic heterocycles. The smallest absolute Gasteiger partial charge is 0.191 e. The number of nitrogens with zero attached hydrogens (tertiary/aromatic N) is 1. The first-order chi connectivity index (χ1) is 17.3. The molecule has 36 heavy (non-hydrogen) atoms. The summed E-state index contributed by atoms with van der Waals surface area (Å²) in [6.45, 7) is 10.4. The van der Waals surface area contributed by atoms with Crippen LogP contribution in [0, 0.1) is 5.92 Å². The van der Waals surface area contributed by atoms with E-state index in [9.17, 15) is 9.59 Å². The van der Waals surface area contributed by atoms with Crippen molar-refractivity contribution in [1.29, 1.82) is 0 Å². The summed E-state index contributed by atoms with van der Waals surface area (Å²) >= 11 is 0. The van der Waals surface area contributed by atoms with Gasteiger partial charge in [-0.2, -0.15) is 0 Å². The van der Waals surface area contributed by atoms with Gasteiger partial charge in [0.1, 0.15) is 0 Å². The first kappa shape index (κ1) is 25.8. The van der Waals surface area contributed by atoms with Crippen LogP contribution in [0.3, 0.4) is 0 Å². The van der Waals surface area contributed by atoms with Gasteiger partial charge in [0.05, 0.1) is 0 Å². The highest BCUT2D eigenvalue weighted by Gasteiger charge is 2.50. The summed E-state index contributed by atoms with van der Waals surface area (Å²) in [5.41, 5.74) is 4.29. The molecule has 0 saturated heterocycles. The van der Waals surface area contributed by atoms with Gasteiger partial charge in [-0.25, -0.2) is 0 Å². The highest BCUT2D eigenvalue weighted by Crippen LogP contribution is 2.49. The molecule has 4 rings (SSSR count). The monoisotopic (exact) mass is 479 g/mol. The van der Waals surface area contributed by atoms with Gasteiger partial charge >= 0.3 is 0 Å². The number of carbonyl (C=O) groups is 2. The zero-order valence-corrected chi connectivity index (χ0v) is 22.0. The van der Waals surface area contributed by atoms with Crippen LogP contribution in [-0.2, 0) is 11.2 Å². The maximum Gasteiger partial charge on any atom is 0.191 e. The predicted molar refractivity (Wildman–Crippen MR) is 147 cm³/mol. The fourth-order valence-corrected chi connectivity index (χ4v) is 6.15. The zero-order valence-electron chi connectivity index (χ0n) is 22.0. The third-order valence-electron chi connectivity index (χ3n) is 7.38. The van der Waals surface area contributed by atoms with Crippen LogP contribution in [-0.4, -0.2) is 34.6 Å². The lowest BCUT2D eigenvalue weighted by Gasteiger charge is -2.41. The summed E-state index contributed by atoms with van der Waals surface area (Å²) in [4.78, 5) is 30.2. The van der Waals surface area contributed by atoms with Crippen molar-refractivity contribution in [1.82, 2.24) is 4.90 Å². The molecule has 0 fully saturated rings.